The molecule has 1 unspecified atom stereocenters. The van der Waals surface area contributed by atoms with Crippen molar-refractivity contribution in [2.75, 3.05) is 11.6 Å². The molecule has 1 aliphatic heterocycles. The van der Waals surface area contributed by atoms with Gasteiger partial charge < -0.3 is 14.3 Å². The Morgan fingerprint density at radius 3 is 3.07 bits per heavy atom. The fraction of sp³-hybridized carbons (Fsp3) is 0.300. The second-order valence-electron chi connectivity index (χ2n) is 6.54. The second-order valence-corrected chi connectivity index (χ2v) is 8.48. The van der Waals surface area contributed by atoms with Crippen LogP contribution in [0.5, 0.6) is 5.75 Å². The molecule has 1 fully saturated rings. The van der Waals surface area contributed by atoms with Gasteiger partial charge in [0.15, 0.2) is 0 Å². The average Bonchev–Trinajstić information content (AvgIpc) is 3.41. The highest BCUT2D eigenvalue weighted by atomic mass is 32.2. The molecule has 8 heteroatoms. The van der Waals surface area contributed by atoms with Gasteiger partial charge in [0.05, 0.1) is 4.88 Å². The maximum absolute atomic E-state index is 11.4. The van der Waals surface area contributed by atoms with Crippen molar-refractivity contribution in [3.05, 3.63) is 58.8 Å². The highest BCUT2D eigenvalue weighted by Gasteiger charge is 2.30. The maximum atomic E-state index is 11.4. The Bertz CT molecular complexity index is 955. The number of nitrogens with zero attached hydrogens (tertiary/aromatic N) is 2. The Morgan fingerprint density at radius 1 is 1.39 bits per heavy atom. The van der Waals surface area contributed by atoms with E-state index in [9.17, 15) is 9.90 Å². The summed E-state index contributed by atoms with van der Waals surface area (Å²) < 4.78 is 11.7. The lowest BCUT2D eigenvalue weighted by Crippen LogP contribution is -2.37. The zero-order valence-electron chi connectivity index (χ0n) is 15.3. The van der Waals surface area contributed by atoms with Crippen molar-refractivity contribution in [1.29, 1.82) is 0 Å². The van der Waals surface area contributed by atoms with E-state index in [1.54, 1.807) is 23.1 Å². The average molecular weight is 417 g/mol. The van der Waals surface area contributed by atoms with E-state index in [0.717, 1.165) is 33.5 Å². The van der Waals surface area contributed by atoms with Crippen LogP contribution in [0.2, 0.25) is 0 Å². The third-order valence-electron chi connectivity index (χ3n) is 4.54. The van der Waals surface area contributed by atoms with Gasteiger partial charge in [-0.2, -0.15) is 0 Å². The van der Waals surface area contributed by atoms with Crippen LogP contribution in [0.4, 0.5) is 0 Å². The Hall–Kier alpha value is -2.29. The van der Waals surface area contributed by atoms with E-state index < -0.39 is 12.0 Å². The molecule has 4 rings (SSSR count). The molecule has 0 saturated carbocycles. The molecule has 146 valence electrons. The summed E-state index contributed by atoms with van der Waals surface area (Å²) in [6.07, 6.45) is 0. The predicted molar refractivity (Wildman–Crippen MR) is 110 cm³/mol. The summed E-state index contributed by atoms with van der Waals surface area (Å²) in [7, 11) is 0. The number of carbonyl (C=O) groups is 1. The second kappa shape index (κ2) is 8.38. The van der Waals surface area contributed by atoms with Crippen LogP contribution in [0.3, 0.4) is 0 Å². The first kappa shape index (κ1) is 19.0. The van der Waals surface area contributed by atoms with Crippen LogP contribution in [0.15, 0.2) is 46.2 Å². The topological polar surface area (TPSA) is 75.8 Å². The molecule has 0 aliphatic carbocycles. The van der Waals surface area contributed by atoms with Gasteiger partial charge in [-0.3, -0.25) is 9.69 Å². The van der Waals surface area contributed by atoms with Crippen LogP contribution in [0.25, 0.3) is 10.8 Å². The molecule has 0 bridgehead atoms. The Kier molecular flexibility index (Phi) is 5.70. The van der Waals surface area contributed by atoms with Crippen LogP contribution in [0, 0.1) is 6.92 Å². The summed E-state index contributed by atoms with van der Waals surface area (Å²) in [4.78, 5) is 18.9. The van der Waals surface area contributed by atoms with Gasteiger partial charge >= 0.3 is 5.97 Å². The maximum Gasteiger partial charge on any atom is 0.321 e. The van der Waals surface area contributed by atoms with Crippen molar-refractivity contribution in [3.8, 4) is 16.5 Å². The molecule has 2 aromatic heterocycles. The van der Waals surface area contributed by atoms with Gasteiger partial charge in [0.2, 0.25) is 5.89 Å². The molecule has 3 heterocycles. The number of carboxylic acid groups (broad SMARTS) is 1. The molecule has 6 nitrogen and oxygen atoms in total. The lowest BCUT2D eigenvalue weighted by atomic mass is 10.2. The number of aliphatic carboxylic acids is 1. The molecule has 28 heavy (non-hydrogen) atoms. The number of benzene rings is 1. The van der Waals surface area contributed by atoms with E-state index in [1.165, 1.54) is 0 Å². The molecule has 0 amide bonds. The quantitative estimate of drug-likeness (QED) is 0.617. The fourth-order valence-corrected chi connectivity index (χ4v) is 4.88. The number of rotatable bonds is 7. The third kappa shape index (κ3) is 4.24. The van der Waals surface area contributed by atoms with E-state index in [0.29, 0.717) is 24.8 Å². The van der Waals surface area contributed by atoms with Gasteiger partial charge in [-0.1, -0.05) is 18.2 Å². The number of carboxylic acids is 1. The van der Waals surface area contributed by atoms with E-state index in [1.807, 2.05) is 53.6 Å². The third-order valence-corrected chi connectivity index (χ3v) is 6.47. The van der Waals surface area contributed by atoms with Crippen LogP contribution in [0.1, 0.15) is 17.0 Å². The number of aromatic nitrogens is 1. The number of ether oxygens (including phenoxy) is 1. The molecule has 0 radical (unpaired) electrons. The van der Waals surface area contributed by atoms with Crippen molar-refractivity contribution in [1.82, 2.24) is 9.88 Å². The van der Waals surface area contributed by atoms with Crippen molar-refractivity contribution >= 4 is 29.1 Å². The SMILES string of the molecule is Cc1oc(-c2cccs2)nc1COc1cccc(CN2CSCC2C(=O)O)c1. The van der Waals surface area contributed by atoms with Gasteiger partial charge in [-0.15, -0.1) is 23.1 Å². The van der Waals surface area contributed by atoms with E-state index in [-0.39, 0.29) is 0 Å². The molecule has 1 saturated heterocycles. The standard InChI is InChI=1S/C20H20N2O4S2/c1-13-16(21-19(26-13)18-6-3-7-28-18)10-25-15-5-2-4-14(8-15)9-22-12-27-11-17(22)20(23)24/h2-8,17H,9-12H2,1H3,(H,23,24). The summed E-state index contributed by atoms with van der Waals surface area (Å²) in [5.41, 5.74) is 1.80. The Balaban J connectivity index is 1.41. The van der Waals surface area contributed by atoms with E-state index in [2.05, 4.69) is 4.98 Å². The lowest BCUT2D eigenvalue weighted by Gasteiger charge is -2.20. The molecule has 1 atom stereocenters. The highest BCUT2D eigenvalue weighted by Crippen LogP contribution is 2.27. The van der Waals surface area contributed by atoms with Crippen LogP contribution >= 0.6 is 23.1 Å². The van der Waals surface area contributed by atoms with E-state index >= 15 is 0 Å². The van der Waals surface area contributed by atoms with Crippen molar-refractivity contribution in [2.24, 2.45) is 0 Å². The monoisotopic (exact) mass is 416 g/mol. The Morgan fingerprint density at radius 2 is 2.29 bits per heavy atom. The first-order valence-electron chi connectivity index (χ1n) is 8.86. The molecule has 0 spiro atoms. The van der Waals surface area contributed by atoms with Gasteiger partial charge in [-0.05, 0) is 36.1 Å². The largest absolute Gasteiger partial charge is 0.487 e. The first-order chi connectivity index (χ1) is 13.6. The fourth-order valence-electron chi connectivity index (χ4n) is 3.05. The van der Waals surface area contributed by atoms with Crippen molar-refractivity contribution < 1.29 is 19.1 Å². The number of hydrogen-bond donors (Lipinski definition) is 1. The summed E-state index contributed by atoms with van der Waals surface area (Å²) in [5.74, 6) is 2.69. The zero-order valence-corrected chi connectivity index (χ0v) is 17.0. The van der Waals surface area contributed by atoms with E-state index in [4.69, 9.17) is 9.15 Å². The molecule has 3 aromatic rings. The molecule has 1 aliphatic rings. The Labute approximate surface area is 171 Å². The molecule has 1 N–H and O–H groups in total. The number of aryl methyl sites for hydroxylation is 1. The number of hydrogen-bond acceptors (Lipinski definition) is 7. The molecular formula is C20H20N2O4S2. The zero-order chi connectivity index (χ0) is 19.5. The van der Waals surface area contributed by atoms with Gasteiger partial charge in [0.25, 0.3) is 0 Å². The van der Waals surface area contributed by atoms with Crippen molar-refractivity contribution in [3.63, 3.8) is 0 Å². The van der Waals surface area contributed by atoms with Crippen LogP contribution in [-0.2, 0) is 17.9 Å². The summed E-state index contributed by atoms with van der Waals surface area (Å²) in [6, 6.07) is 11.3. The highest BCUT2D eigenvalue weighted by molar-refractivity contribution is 7.99. The first-order valence-corrected chi connectivity index (χ1v) is 10.9. The predicted octanol–water partition coefficient (Wildman–Crippen LogP) is 4.25. The smallest absolute Gasteiger partial charge is 0.321 e. The number of thiophene rings is 1. The normalized spacial score (nSPS) is 17.1. The number of oxazole rings is 1. The summed E-state index contributed by atoms with van der Waals surface area (Å²) >= 11 is 3.23. The minimum atomic E-state index is -0.763. The van der Waals surface area contributed by atoms with Gasteiger partial charge in [0, 0.05) is 18.2 Å². The molecule has 1 aromatic carbocycles. The van der Waals surface area contributed by atoms with Crippen molar-refractivity contribution in [2.45, 2.75) is 26.1 Å². The van der Waals surface area contributed by atoms with Gasteiger partial charge in [0.1, 0.15) is 29.9 Å². The van der Waals surface area contributed by atoms with Gasteiger partial charge in [-0.25, -0.2) is 4.98 Å². The summed E-state index contributed by atoms with van der Waals surface area (Å²) in [6.45, 7) is 2.80. The number of thioether (sulfide) groups is 1. The summed E-state index contributed by atoms with van der Waals surface area (Å²) in [5, 5.41) is 11.3. The minimum Gasteiger partial charge on any atom is -0.487 e. The minimum absolute atomic E-state index is 0.321. The van der Waals surface area contributed by atoms with Crippen LogP contribution in [-0.4, -0.2) is 38.6 Å². The van der Waals surface area contributed by atoms with Crippen LogP contribution < -0.4 is 4.74 Å². The lowest BCUT2D eigenvalue weighted by molar-refractivity contribution is -0.141. The molecular weight excluding hydrogens is 396 g/mol.